The molecule has 3 aromatic rings. The number of aromatic carboxylic acids is 1. The predicted molar refractivity (Wildman–Crippen MR) is 79.7 cm³/mol. The van der Waals surface area contributed by atoms with Gasteiger partial charge in [-0.2, -0.15) is 0 Å². The Morgan fingerprint density at radius 1 is 1.29 bits per heavy atom. The molecule has 2 aromatic heterocycles. The zero-order chi connectivity index (χ0) is 15.0. The summed E-state index contributed by atoms with van der Waals surface area (Å²) in [5, 5.41) is 10.1. The molecule has 0 radical (unpaired) electrons. The number of pyridine rings is 1. The number of ether oxygens (including phenoxy) is 1. The van der Waals surface area contributed by atoms with E-state index >= 15 is 0 Å². The van der Waals surface area contributed by atoms with Crippen LogP contribution in [0.25, 0.3) is 22.2 Å². The summed E-state index contributed by atoms with van der Waals surface area (Å²) < 4.78 is 7.21. The number of rotatable bonds is 3. The van der Waals surface area contributed by atoms with E-state index in [1.807, 2.05) is 36.0 Å². The zero-order valence-electron chi connectivity index (χ0n) is 11.7. The lowest BCUT2D eigenvalue weighted by atomic mass is 10.1. The summed E-state index contributed by atoms with van der Waals surface area (Å²) in [4.78, 5) is 15.4. The standard InChI is InChI=1S/C16H14N2O3/c1-18-9-13(12-4-3-11(21-2)8-15(12)18)14-7-10(16(19)20)5-6-17-14/h3-9H,1-2H3,(H,19,20). The van der Waals surface area contributed by atoms with Gasteiger partial charge in [-0.15, -0.1) is 0 Å². The highest BCUT2D eigenvalue weighted by Gasteiger charge is 2.12. The molecule has 0 unspecified atom stereocenters. The minimum atomic E-state index is -0.958. The van der Waals surface area contributed by atoms with Crippen molar-refractivity contribution in [2.75, 3.05) is 7.11 Å². The molecule has 106 valence electrons. The highest BCUT2D eigenvalue weighted by atomic mass is 16.5. The first-order valence-electron chi connectivity index (χ1n) is 6.43. The fraction of sp³-hybridized carbons (Fsp3) is 0.125. The average Bonchev–Trinajstić information content (AvgIpc) is 2.84. The fourth-order valence-electron chi connectivity index (χ4n) is 2.41. The lowest BCUT2D eigenvalue weighted by Gasteiger charge is -2.02. The van der Waals surface area contributed by atoms with Gasteiger partial charge in [0.15, 0.2) is 0 Å². The van der Waals surface area contributed by atoms with Crippen LogP contribution in [0, 0.1) is 0 Å². The van der Waals surface area contributed by atoms with Crippen molar-refractivity contribution in [3.63, 3.8) is 0 Å². The summed E-state index contributed by atoms with van der Waals surface area (Å²) in [6, 6.07) is 8.85. The van der Waals surface area contributed by atoms with Crippen molar-refractivity contribution in [1.82, 2.24) is 9.55 Å². The molecule has 0 aliphatic rings. The lowest BCUT2D eigenvalue weighted by molar-refractivity contribution is 0.0697. The number of hydrogen-bond acceptors (Lipinski definition) is 3. The highest BCUT2D eigenvalue weighted by Crippen LogP contribution is 2.31. The molecule has 21 heavy (non-hydrogen) atoms. The van der Waals surface area contributed by atoms with Gasteiger partial charge < -0.3 is 14.4 Å². The molecule has 0 atom stereocenters. The predicted octanol–water partition coefficient (Wildman–Crippen LogP) is 2.95. The molecule has 0 aliphatic heterocycles. The second-order valence-corrected chi connectivity index (χ2v) is 4.77. The largest absolute Gasteiger partial charge is 0.497 e. The monoisotopic (exact) mass is 282 g/mol. The van der Waals surface area contributed by atoms with Crippen molar-refractivity contribution in [1.29, 1.82) is 0 Å². The molecule has 0 aliphatic carbocycles. The van der Waals surface area contributed by atoms with E-state index in [4.69, 9.17) is 9.84 Å². The van der Waals surface area contributed by atoms with Crippen LogP contribution in [0.2, 0.25) is 0 Å². The van der Waals surface area contributed by atoms with Crippen LogP contribution in [-0.4, -0.2) is 27.7 Å². The van der Waals surface area contributed by atoms with E-state index in [0.29, 0.717) is 5.69 Å². The molecule has 0 amide bonds. The van der Waals surface area contributed by atoms with Crippen molar-refractivity contribution in [3.05, 3.63) is 48.3 Å². The molecular formula is C16H14N2O3. The summed E-state index contributed by atoms with van der Waals surface area (Å²) in [5.41, 5.74) is 2.78. The van der Waals surface area contributed by atoms with E-state index in [-0.39, 0.29) is 5.56 Å². The van der Waals surface area contributed by atoms with E-state index < -0.39 is 5.97 Å². The number of fused-ring (bicyclic) bond motifs is 1. The van der Waals surface area contributed by atoms with Crippen molar-refractivity contribution in [3.8, 4) is 17.0 Å². The minimum Gasteiger partial charge on any atom is -0.497 e. The normalized spacial score (nSPS) is 10.8. The van der Waals surface area contributed by atoms with Gasteiger partial charge in [-0.05, 0) is 24.3 Å². The second-order valence-electron chi connectivity index (χ2n) is 4.77. The van der Waals surface area contributed by atoms with Gasteiger partial charge in [0.05, 0.1) is 23.9 Å². The maximum Gasteiger partial charge on any atom is 0.335 e. The summed E-state index contributed by atoms with van der Waals surface area (Å²) in [5.74, 6) is -0.178. The second kappa shape index (κ2) is 4.94. The first-order valence-corrected chi connectivity index (χ1v) is 6.43. The Morgan fingerprint density at radius 3 is 2.81 bits per heavy atom. The first kappa shape index (κ1) is 13.2. The van der Waals surface area contributed by atoms with Gasteiger partial charge in [0, 0.05) is 36.5 Å². The number of aromatic nitrogens is 2. The third kappa shape index (κ3) is 2.23. The van der Waals surface area contributed by atoms with Gasteiger partial charge in [-0.25, -0.2) is 4.79 Å². The quantitative estimate of drug-likeness (QED) is 0.802. The Morgan fingerprint density at radius 2 is 2.10 bits per heavy atom. The summed E-state index contributed by atoms with van der Waals surface area (Å²) >= 11 is 0. The zero-order valence-corrected chi connectivity index (χ0v) is 11.7. The SMILES string of the molecule is COc1ccc2c(-c3cc(C(=O)O)ccn3)cn(C)c2c1. The summed E-state index contributed by atoms with van der Waals surface area (Å²) in [6.45, 7) is 0. The van der Waals surface area contributed by atoms with Gasteiger partial charge in [-0.1, -0.05) is 0 Å². The van der Waals surface area contributed by atoms with E-state index in [2.05, 4.69) is 4.98 Å². The Bertz CT molecular complexity index is 837. The Hall–Kier alpha value is -2.82. The van der Waals surface area contributed by atoms with E-state index in [1.165, 1.54) is 12.3 Å². The Kier molecular flexibility index (Phi) is 3.10. The van der Waals surface area contributed by atoms with Crippen LogP contribution in [0.3, 0.4) is 0 Å². The lowest BCUT2D eigenvalue weighted by Crippen LogP contribution is -1.97. The van der Waals surface area contributed by atoms with Gasteiger partial charge >= 0.3 is 5.97 Å². The number of hydrogen-bond donors (Lipinski definition) is 1. The number of nitrogens with zero attached hydrogens (tertiary/aromatic N) is 2. The molecule has 1 aromatic carbocycles. The van der Waals surface area contributed by atoms with Crippen LogP contribution in [0.15, 0.2) is 42.7 Å². The molecule has 2 heterocycles. The summed E-state index contributed by atoms with van der Waals surface area (Å²) in [6.07, 6.45) is 3.46. The summed E-state index contributed by atoms with van der Waals surface area (Å²) in [7, 11) is 3.56. The van der Waals surface area contributed by atoms with Crippen molar-refractivity contribution in [2.45, 2.75) is 0 Å². The molecule has 0 bridgehead atoms. The smallest absolute Gasteiger partial charge is 0.335 e. The molecule has 5 heteroatoms. The number of benzene rings is 1. The van der Waals surface area contributed by atoms with Gasteiger partial charge in [0.25, 0.3) is 0 Å². The molecule has 3 rings (SSSR count). The van der Waals surface area contributed by atoms with Crippen LogP contribution < -0.4 is 4.74 Å². The van der Waals surface area contributed by atoms with Crippen molar-refractivity contribution in [2.24, 2.45) is 7.05 Å². The van der Waals surface area contributed by atoms with Gasteiger partial charge in [0.2, 0.25) is 0 Å². The average molecular weight is 282 g/mol. The Balaban J connectivity index is 2.21. The molecular weight excluding hydrogens is 268 g/mol. The number of methoxy groups -OCH3 is 1. The van der Waals surface area contributed by atoms with Gasteiger partial charge in [-0.3, -0.25) is 4.98 Å². The number of carboxylic acids is 1. The third-order valence-corrected chi connectivity index (χ3v) is 3.48. The van der Waals surface area contributed by atoms with E-state index in [1.54, 1.807) is 13.2 Å². The van der Waals surface area contributed by atoms with Crippen molar-refractivity contribution < 1.29 is 14.6 Å². The fourth-order valence-corrected chi connectivity index (χ4v) is 2.41. The van der Waals surface area contributed by atoms with Crippen LogP contribution in [0.5, 0.6) is 5.75 Å². The van der Waals surface area contributed by atoms with Crippen LogP contribution in [-0.2, 0) is 7.05 Å². The molecule has 0 saturated heterocycles. The Labute approximate surface area is 121 Å². The molecule has 5 nitrogen and oxygen atoms in total. The highest BCUT2D eigenvalue weighted by molar-refractivity contribution is 5.97. The van der Waals surface area contributed by atoms with E-state index in [9.17, 15) is 4.79 Å². The van der Waals surface area contributed by atoms with E-state index in [0.717, 1.165) is 22.2 Å². The van der Waals surface area contributed by atoms with Gasteiger partial charge in [0.1, 0.15) is 5.75 Å². The number of carboxylic acid groups (broad SMARTS) is 1. The van der Waals surface area contributed by atoms with Crippen LogP contribution in [0.4, 0.5) is 0 Å². The minimum absolute atomic E-state index is 0.227. The third-order valence-electron chi connectivity index (χ3n) is 3.48. The molecule has 0 fully saturated rings. The maximum absolute atomic E-state index is 11.1. The maximum atomic E-state index is 11.1. The van der Waals surface area contributed by atoms with Crippen molar-refractivity contribution >= 4 is 16.9 Å². The number of aryl methyl sites for hydroxylation is 1. The number of carbonyl (C=O) groups is 1. The van der Waals surface area contributed by atoms with Crippen LogP contribution in [0.1, 0.15) is 10.4 Å². The molecule has 0 spiro atoms. The topological polar surface area (TPSA) is 64.3 Å². The molecule has 1 N–H and O–H groups in total. The first-order chi connectivity index (χ1) is 10.1. The molecule has 0 saturated carbocycles. The van der Waals surface area contributed by atoms with Crippen LogP contribution >= 0.6 is 0 Å².